The third-order valence-electron chi connectivity index (χ3n) is 7.84. The van der Waals surface area contributed by atoms with E-state index in [4.69, 9.17) is 0 Å². The van der Waals surface area contributed by atoms with Crippen molar-refractivity contribution in [3.63, 3.8) is 0 Å². The number of carbonyl (C=O) groups excluding carboxylic acids is 1. The highest BCUT2D eigenvalue weighted by atomic mass is 32.2. The average Bonchev–Trinajstić information content (AvgIpc) is 3.39. The molecule has 5 rings (SSSR count). The first-order valence-electron chi connectivity index (χ1n) is 12.2. The summed E-state index contributed by atoms with van der Waals surface area (Å²) in [6, 6.07) is 4.29. The van der Waals surface area contributed by atoms with Crippen molar-refractivity contribution in [2.75, 3.05) is 22.8 Å². The molecule has 36 heavy (non-hydrogen) atoms. The van der Waals surface area contributed by atoms with Crippen LogP contribution in [-0.2, 0) is 14.8 Å². The molecule has 1 aromatic rings. The molecule has 3 atom stereocenters. The van der Waals surface area contributed by atoms with Crippen molar-refractivity contribution in [1.82, 2.24) is 4.90 Å². The van der Waals surface area contributed by atoms with Crippen molar-refractivity contribution >= 4 is 46.3 Å². The van der Waals surface area contributed by atoms with E-state index < -0.39 is 23.4 Å². The Morgan fingerprint density at radius 3 is 2.58 bits per heavy atom. The van der Waals surface area contributed by atoms with Gasteiger partial charge < -0.3 is 15.3 Å². The van der Waals surface area contributed by atoms with Gasteiger partial charge in [-0.25, -0.2) is 8.42 Å². The van der Waals surface area contributed by atoms with Gasteiger partial charge in [0, 0.05) is 12.6 Å². The van der Waals surface area contributed by atoms with Gasteiger partial charge in [-0.15, -0.1) is 0 Å². The van der Waals surface area contributed by atoms with E-state index in [1.54, 1.807) is 4.90 Å². The number of nitrogens with zero attached hydrogens (tertiary/aromatic N) is 2. The number of aliphatic hydroxyl groups is 1. The molecule has 2 fully saturated rings. The van der Waals surface area contributed by atoms with Gasteiger partial charge >= 0.3 is 7.87 Å². The summed E-state index contributed by atoms with van der Waals surface area (Å²) in [7, 11) is -7.69. The van der Waals surface area contributed by atoms with Crippen LogP contribution in [0, 0.1) is 17.3 Å². The lowest BCUT2D eigenvalue weighted by atomic mass is 9.78. The van der Waals surface area contributed by atoms with Gasteiger partial charge in [0.05, 0.1) is 17.6 Å². The van der Waals surface area contributed by atoms with Crippen molar-refractivity contribution < 1.29 is 28.1 Å². The van der Waals surface area contributed by atoms with E-state index >= 15 is 0 Å². The number of rotatable bonds is 5. The molecule has 12 heteroatoms. The van der Waals surface area contributed by atoms with Crippen LogP contribution in [0.2, 0.25) is 0 Å². The second-order valence-corrected chi connectivity index (χ2v) is 15.3. The molecular weight excluding hydrogens is 503 g/mol. The van der Waals surface area contributed by atoms with Crippen LogP contribution >= 0.6 is 7.87 Å². The highest BCUT2D eigenvalue weighted by molar-refractivity contribution is 7.92. The first-order valence-corrected chi connectivity index (χ1v) is 15.7. The maximum atomic E-state index is 13.9. The first-order chi connectivity index (χ1) is 16.6. The van der Waals surface area contributed by atoms with Crippen molar-refractivity contribution in [1.29, 1.82) is 0 Å². The zero-order valence-electron chi connectivity index (χ0n) is 20.9. The Labute approximate surface area is 212 Å². The number of fused-ring (bicyclic) bond motifs is 4. The molecule has 3 unspecified atom stereocenters. The van der Waals surface area contributed by atoms with Crippen molar-refractivity contribution in [2.24, 2.45) is 22.0 Å². The minimum Gasteiger partial charge on any atom is -0.509 e. The zero-order valence-corrected chi connectivity index (χ0v) is 22.7. The van der Waals surface area contributed by atoms with Crippen LogP contribution in [0.5, 0.6) is 0 Å². The number of nitrogens with one attached hydrogen (secondary N) is 2. The standard InChI is InChI=1S/C24H33N4O6PS/c1-23(2,3)9-10-28-22(30)19(20(29)24(28)13-14-5-6-15(24)11-14)21-25-17-8-7-16(27-36(4,33)34)12-18(17)35(31,32)26-21/h7-8,12,14-15,27,31-32H,5-6,9-11,13H2,1-4H3,(H-,25,26,29,30)/p+1. The van der Waals surface area contributed by atoms with E-state index in [-0.39, 0.29) is 45.4 Å². The van der Waals surface area contributed by atoms with Gasteiger partial charge in [-0.1, -0.05) is 20.8 Å². The van der Waals surface area contributed by atoms with E-state index in [0.717, 1.165) is 31.9 Å². The van der Waals surface area contributed by atoms with Crippen molar-refractivity contribution in [3.05, 3.63) is 29.5 Å². The average molecular weight is 538 g/mol. The minimum atomic E-state index is -4.12. The summed E-state index contributed by atoms with van der Waals surface area (Å²) in [5.74, 6) is 0.167. The monoisotopic (exact) mass is 537 g/mol. The molecule has 10 nitrogen and oxygen atoms in total. The Bertz CT molecular complexity index is 1300. The second kappa shape index (κ2) is 8.15. The summed E-state index contributed by atoms with van der Waals surface area (Å²) in [5.41, 5.74) is -0.336. The minimum absolute atomic E-state index is 0.00655. The molecule has 4 aliphatic rings. The van der Waals surface area contributed by atoms with Gasteiger partial charge in [0.1, 0.15) is 16.9 Å². The zero-order chi connectivity index (χ0) is 26.3. The molecule has 0 radical (unpaired) electrons. The van der Waals surface area contributed by atoms with Gasteiger partial charge in [-0.3, -0.25) is 9.52 Å². The SMILES string of the molecule is CC(C)(C)CCN1C(=O)C(C2=N[P+](O)(O)c3cc(NS(C)(=O)=O)ccc3N2)=C(O)C12CC1CCC2C1. The van der Waals surface area contributed by atoms with Crippen LogP contribution in [0.15, 0.2) is 34.3 Å². The molecule has 2 aliphatic carbocycles. The molecule has 0 aromatic heterocycles. The molecule has 2 saturated carbocycles. The van der Waals surface area contributed by atoms with Crippen LogP contribution in [-0.4, -0.2) is 58.3 Å². The van der Waals surface area contributed by atoms with Gasteiger partial charge in [-0.2, -0.15) is 9.79 Å². The normalized spacial score (nSPS) is 29.0. The van der Waals surface area contributed by atoms with Crippen LogP contribution in [0.1, 0.15) is 52.9 Å². The van der Waals surface area contributed by atoms with E-state index in [2.05, 4.69) is 35.6 Å². The number of amidine groups is 1. The van der Waals surface area contributed by atoms with Gasteiger partial charge in [0.15, 0.2) is 5.84 Å². The van der Waals surface area contributed by atoms with Crippen LogP contribution in [0.25, 0.3) is 0 Å². The predicted molar refractivity (Wildman–Crippen MR) is 141 cm³/mol. The molecule has 1 aromatic carbocycles. The summed E-state index contributed by atoms with van der Waals surface area (Å²) in [4.78, 5) is 37.5. The summed E-state index contributed by atoms with van der Waals surface area (Å²) < 4.78 is 29.6. The Kier molecular flexibility index (Phi) is 5.76. The Hall–Kier alpha value is -2.20. The maximum absolute atomic E-state index is 13.9. The highest BCUT2D eigenvalue weighted by Gasteiger charge is 2.64. The van der Waals surface area contributed by atoms with Gasteiger partial charge in [0.25, 0.3) is 5.91 Å². The number of benzene rings is 1. The number of amides is 1. The molecular formula is C24H34N4O6PS+. The van der Waals surface area contributed by atoms with Gasteiger partial charge in [-0.05, 0) is 66.3 Å². The lowest BCUT2D eigenvalue weighted by Gasteiger charge is -2.43. The molecule has 5 N–H and O–H groups in total. The van der Waals surface area contributed by atoms with Crippen LogP contribution in [0.3, 0.4) is 0 Å². The van der Waals surface area contributed by atoms with Crippen molar-refractivity contribution in [3.8, 4) is 0 Å². The molecule has 2 aliphatic heterocycles. The lowest BCUT2D eigenvalue weighted by Crippen LogP contribution is -2.53. The molecule has 2 heterocycles. The van der Waals surface area contributed by atoms with E-state index in [0.29, 0.717) is 24.6 Å². The summed E-state index contributed by atoms with van der Waals surface area (Å²) in [6.45, 7) is 6.83. The smallest absolute Gasteiger partial charge is 0.429 e. The molecule has 0 saturated heterocycles. The molecule has 1 amide bonds. The van der Waals surface area contributed by atoms with Crippen LogP contribution < -0.4 is 15.3 Å². The summed E-state index contributed by atoms with van der Waals surface area (Å²) in [6.07, 6.45) is 5.46. The summed E-state index contributed by atoms with van der Waals surface area (Å²) in [5, 5.41) is 14.7. The number of aliphatic hydroxyl groups excluding tert-OH is 1. The molecule has 196 valence electrons. The lowest BCUT2D eigenvalue weighted by molar-refractivity contribution is -0.131. The number of hydrogen-bond donors (Lipinski definition) is 5. The maximum Gasteiger partial charge on any atom is 0.429 e. The predicted octanol–water partition coefficient (Wildman–Crippen LogP) is 2.90. The quantitative estimate of drug-likeness (QED) is 0.362. The molecule has 1 spiro atoms. The Morgan fingerprint density at radius 1 is 1.28 bits per heavy atom. The fourth-order valence-electron chi connectivity index (χ4n) is 6.27. The number of sulfonamides is 1. The van der Waals surface area contributed by atoms with Gasteiger partial charge in [0.2, 0.25) is 15.3 Å². The van der Waals surface area contributed by atoms with E-state index in [1.807, 2.05) is 0 Å². The van der Waals surface area contributed by atoms with E-state index in [1.165, 1.54) is 18.2 Å². The fraction of sp³-hybridized carbons (Fsp3) is 0.583. The number of hydrogen-bond acceptors (Lipinski definition) is 8. The van der Waals surface area contributed by atoms with Crippen LogP contribution in [0.4, 0.5) is 11.4 Å². The first kappa shape index (κ1) is 25.4. The Morgan fingerprint density at radius 2 is 2.00 bits per heavy atom. The summed E-state index contributed by atoms with van der Waals surface area (Å²) >= 11 is 0. The number of carbonyl (C=O) groups is 1. The van der Waals surface area contributed by atoms with Crippen molar-refractivity contribution in [2.45, 2.75) is 58.4 Å². The third-order valence-corrected chi connectivity index (χ3v) is 9.94. The highest BCUT2D eigenvalue weighted by Crippen LogP contribution is 2.60. The third kappa shape index (κ3) is 4.20. The number of anilines is 2. The van der Waals surface area contributed by atoms with E-state index in [9.17, 15) is 28.1 Å². The second-order valence-electron chi connectivity index (χ2n) is 11.7. The topological polar surface area (TPSA) is 152 Å². The molecule has 2 bridgehead atoms. The Balaban J connectivity index is 1.54. The largest absolute Gasteiger partial charge is 0.509 e. The fourth-order valence-corrected chi connectivity index (χ4v) is 8.12.